The third kappa shape index (κ3) is 7.92. The van der Waals surface area contributed by atoms with Crippen LogP contribution < -0.4 is 4.72 Å². The summed E-state index contributed by atoms with van der Waals surface area (Å²) < 4.78 is 33.7. The molecule has 160 valence electrons. The highest BCUT2D eigenvalue weighted by Crippen LogP contribution is 2.23. The first-order valence-electron chi connectivity index (χ1n) is 10.0. The van der Waals surface area contributed by atoms with Crippen LogP contribution in [0.5, 0.6) is 0 Å². The molecule has 0 heterocycles. The fraction of sp³-hybridized carbons (Fsp3) is 0.682. The first-order valence-corrected chi connectivity index (χ1v) is 11.5. The molecule has 1 N–H and O–H groups in total. The van der Waals surface area contributed by atoms with E-state index in [-0.39, 0.29) is 11.9 Å². The lowest BCUT2D eigenvalue weighted by molar-refractivity contribution is -0.160. The average Bonchev–Trinajstić information content (AvgIpc) is 2.46. The molecule has 0 aromatic heterocycles. The Morgan fingerprint density at radius 2 is 1.64 bits per heavy atom. The van der Waals surface area contributed by atoms with E-state index < -0.39 is 15.6 Å². The number of nitrogens with one attached hydrogen (secondary N) is 1. The second-order valence-corrected chi connectivity index (χ2v) is 10.8. The molecule has 0 unspecified atom stereocenters. The molecule has 1 aromatic rings. The van der Waals surface area contributed by atoms with E-state index >= 15 is 0 Å². The van der Waals surface area contributed by atoms with Gasteiger partial charge in [-0.2, -0.15) is 0 Å². The van der Waals surface area contributed by atoms with E-state index in [1.54, 1.807) is 0 Å². The summed E-state index contributed by atoms with van der Waals surface area (Å²) in [4.78, 5) is 12.8. The standard InChI is InChI=1S/C22H37NO4S/c1-15(2)12-19(21(24)27-22(6,7)8)10-9-11-23-28(25,26)20-17(4)13-16(3)14-18(20)5/h13-15,19,23H,9-12H2,1-8H3/t19-/m0/s1. The highest BCUT2D eigenvalue weighted by Gasteiger charge is 2.26. The van der Waals surface area contributed by atoms with E-state index in [2.05, 4.69) is 18.6 Å². The number of benzene rings is 1. The van der Waals surface area contributed by atoms with E-state index in [9.17, 15) is 13.2 Å². The van der Waals surface area contributed by atoms with Gasteiger partial charge >= 0.3 is 5.97 Å². The van der Waals surface area contributed by atoms with Gasteiger partial charge < -0.3 is 4.74 Å². The Morgan fingerprint density at radius 3 is 2.11 bits per heavy atom. The Balaban J connectivity index is 2.73. The quantitative estimate of drug-likeness (QED) is 0.473. The average molecular weight is 412 g/mol. The zero-order valence-electron chi connectivity index (χ0n) is 18.7. The lowest BCUT2D eigenvalue weighted by Crippen LogP contribution is -2.31. The van der Waals surface area contributed by atoms with E-state index in [1.165, 1.54) is 0 Å². The number of sulfonamides is 1. The smallest absolute Gasteiger partial charge is 0.309 e. The minimum atomic E-state index is -3.57. The predicted octanol–water partition coefficient (Wildman–Crippen LogP) is 4.67. The SMILES string of the molecule is Cc1cc(C)c(S(=O)(=O)NCCC[C@@H](CC(C)C)C(=O)OC(C)(C)C)c(C)c1. The molecule has 1 aromatic carbocycles. The van der Waals surface area contributed by atoms with Crippen molar-refractivity contribution >= 4 is 16.0 Å². The topological polar surface area (TPSA) is 72.5 Å². The van der Waals surface area contributed by atoms with Gasteiger partial charge in [0.1, 0.15) is 5.60 Å². The monoisotopic (exact) mass is 411 g/mol. The third-order valence-corrected chi connectivity index (χ3v) is 6.16. The molecular formula is C22H37NO4S. The molecule has 0 aliphatic carbocycles. The summed E-state index contributed by atoms with van der Waals surface area (Å²) in [7, 11) is -3.57. The van der Waals surface area contributed by atoms with Crippen LogP contribution in [0.25, 0.3) is 0 Å². The molecule has 0 radical (unpaired) electrons. The van der Waals surface area contributed by atoms with Crippen LogP contribution in [-0.2, 0) is 19.6 Å². The van der Waals surface area contributed by atoms with Crippen molar-refractivity contribution in [3.8, 4) is 0 Å². The summed E-state index contributed by atoms with van der Waals surface area (Å²) in [5.41, 5.74) is 2.02. The number of esters is 1. The summed E-state index contributed by atoms with van der Waals surface area (Å²) in [5, 5.41) is 0. The van der Waals surface area contributed by atoms with E-state index in [1.807, 2.05) is 53.7 Å². The molecule has 0 amide bonds. The number of hydrogen-bond acceptors (Lipinski definition) is 4. The minimum absolute atomic E-state index is 0.200. The number of carbonyl (C=O) groups excluding carboxylic acids is 1. The molecule has 0 fully saturated rings. The number of hydrogen-bond donors (Lipinski definition) is 1. The van der Waals surface area contributed by atoms with Crippen LogP contribution in [0, 0.1) is 32.6 Å². The van der Waals surface area contributed by atoms with Crippen molar-refractivity contribution in [1.29, 1.82) is 0 Å². The second kappa shape index (κ2) is 9.88. The van der Waals surface area contributed by atoms with Crippen LogP contribution in [0.3, 0.4) is 0 Å². The van der Waals surface area contributed by atoms with Crippen molar-refractivity contribution in [2.24, 2.45) is 11.8 Å². The third-order valence-electron chi connectivity index (χ3n) is 4.39. The Bertz CT molecular complexity index is 753. The van der Waals surface area contributed by atoms with Gasteiger partial charge in [0.2, 0.25) is 10.0 Å². The molecule has 1 rings (SSSR count). The van der Waals surface area contributed by atoms with Crippen LogP contribution >= 0.6 is 0 Å². The maximum atomic E-state index is 12.7. The maximum Gasteiger partial charge on any atom is 0.309 e. The summed E-state index contributed by atoms with van der Waals surface area (Å²) in [6.45, 7) is 15.6. The fourth-order valence-electron chi connectivity index (χ4n) is 3.50. The van der Waals surface area contributed by atoms with Crippen LogP contribution in [0.15, 0.2) is 17.0 Å². The van der Waals surface area contributed by atoms with Crippen molar-refractivity contribution in [1.82, 2.24) is 4.72 Å². The highest BCUT2D eigenvalue weighted by molar-refractivity contribution is 7.89. The molecule has 0 spiro atoms. The van der Waals surface area contributed by atoms with Crippen molar-refractivity contribution in [2.75, 3.05) is 6.54 Å². The summed E-state index contributed by atoms with van der Waals surface area (Å²) in [5.74, 6) is -0.0482. The second-order valence-electron chi connectivity index (χ2n) is 9.13. The molecule has 6 heteroatoms. The van der Waals surface area contributed by atoms with Crippen molar-refractivity contribution < 1.29 is 17.9 Å². The van der Waals surface area contributed by atoms with Gasteiger partial charge in [-0.3, -0.25) is 4.79 Å². The number of carbonyl (C=O) groups is 1. The minimum Gasteiger partial charge on any atom is -0.460 e. The first kappa shape index (κ1) is 24.6. The predicted molar refractivity (Wildman–Crippen MR) is 114 cm³/mol. The fourth-order valence-corrected chi connectivity index (χ4v) is 5.03. The summed E-state index contributed by atoms with van der Waals surface area (Å²) in [6, 6.07) is 3.76. The number of ether oxygens (including phenoxy) is 1. The van der Waals surface area contributed by atoms with Gasteiger partial charge in [0.05, 0.1) is 10.8 Å². The van der Waals surface area contributed by atoms with Gasteiger partial charge in [0.25, 0.3) is 0 Å². The number of rotatable bonds is 9. The molecule has 0 saturated carbocycles. The van der Waals surface area contributed by atoms with Crippen molar-refractivity contribution in [2.45, 2.75) is 85.1 Å². The zero-order chi connectivity index (χ0) is 21.7. The van der Waals surface area contributed by atoms with Gasteiger partial charge in [-0.05, 0) is 77.8 Å². The van der Waals surface area contributed by atoms with E-state index in [0.29, 0.717) is 30.2 Å². The molecule has 0 bridgehead atoms. The van der Waals surface area contributed by atoms with Crippen LogP contribution in [0.2, 0.25) is 0 Å². The van der Waals surface area contributed by atoms with Crippen molar-refractivity contribution in [3.63, 3.8) is 0 Å². The van der Waals surface area contributed by atoms with E-state index in [0.717, 1.165) is 23.1 Å². The lowest BCUT2D eigenvalue weighted by atomic mass is 9.92. The normalized spacial score (nSPS) is 13.6. The molecule has 1 atom stereocenters. The summed E-state index contributed by atoms with van der Waals surface area (Å²) in [6.07, 6.45) is 1.92. The summed E-state index contributed by atoms with van der Waals surface area (Å²) >= 11 is 0. The molecular weight excluding hydrogens is 374 g/mol. The van der Waals surface area contributed by atoms with Crippen LogP contribution in [-0.4, -0.2) is 26.5 Å². The van der Waals surface area contributed by atoms with E-state index in [4.69, 9.17) is 4.74 Å². The van der Waals surface area contributed by atoms with Gasteiger partial charge in [-0.15, -0.1) is 0 Å². The molecule has 0 aliphatic rings. The maximum absolute atomic E-state index is 12.7. The van der Waals surface area contributed by atoms with Crippen LogP contribution in [0.4, 0.5) is 0 Å². The Morgan fingerprint density at radius 1 is 1.11 bits per heavy atom. The molecule has 28 heavy (non-hydrogen) atoms. The van der Waals surface area contributed by atoms with Gasteiger partial charge in [0, 0.05) is 6.54 Å². The Hall–Kier alpha value is -1.40. The highest BCUT2D eigenvalue weighted by atomic mass is 32.2. The van der Waals surface area contributed by atoms with Gasteiger partial charge in [-0.1, -0.05) is 31.5 Å². The first-order chi connectivity index (χ1) is 12.7. The molecule has 0 aliphatic heterocycles. The lowest BCUT2D eigenvalue weighted by Gasteiger charge is -2.25. The Labute approximate surface area is 171 Å². The zero-order valence-corrected chi connectivity index (χ0v) is 19.5. The number of aryl methyl sites for hydroxylation is 3. The molecule has 0 saturated heterocycles. The Kier molecular flexibility index (Phi) is 8.69. The molecule has 5 nitrogen and oxygen atoms in total. The largest absolute Gasteiger partial charge is 0.460 e. The van der Waals surface area contributed by atoms with Gasteiger partial charge in [0.15, 0.2) is 0 Å². The van der Waals surface area contributed by atoms with Gasteiger partial charge in [-0.25, -0.2) is 13.1 Å². The van der Waals surface area contributed by atoms with Crippen molar-refractivity contribution in [3.05, 3.63) is 28.8 Å². The van der Waals surface area contributed by atoms with Crippen LogP contribution in [0.1, 0.15) is 70.6 Å².